The molecule has 3 nitrogen and oxygen atoms in total. The Labute approximate surface area is 192 Å². The SMILES string of the molecule is C\C=C/C(=C\C)C(/CCCO)=C(/c1ccc(O)cc1)c1ccc(C2CN(C3CC3)C2)cc1. The maximum atomic E-state index is 9.85. The van der Waals surface area contributed by atoms with Gasteiger partial charge in [0.25, 0.3) is 0 Å². The molecule has 2 aromatic rings. The number of phenols is 1. The minimum atomic E-state index is 0.164. The van der Waals surface area contributed by atoms with Crippen LogP contribution in [0, 0.1) is 0 Å². The van der Waals surface area contributed by atoms with E-state index >= 15 is 0 Å². The van der Waals surface area contributed by atoms with Gasteiger partial charge in [0.05, 0.1) is 0 Å². The third-order valence-corrected chi connectivity index (χ3v) is 6.69. The largest absolute Gasteiger partial charge is 0.508 e. The van der Waals surface area contributed by atoms with Gasteiger partial charge in [0, 0.05) is 31.7 Å². The van der Waals surface area contributed by atoms with Crippen molar-refractivity contribution in [3.05, 3.63) is 94.6 Å². The number of aliphatic hydroxyl groups excluding tert-OH is 1. The monoisotopic (exact) mass is 429 g/mol. The van der Waals surface area contributed by atoms with Gasteiger partial charge in [0.2, 0.25) is 0 Å². The maximum absolute atomic E-state index is 9.85. The van der Waals surface area contributed by atoms with E-state index in [1.54, 1.807) is 12.1 Å². The average Bonchev–Trinajstić information content (AvgIpc) is 3.61. The lowest BCUT2D eigenvalue weighted by Crippen LogP contribution is -2.46. The summed E-state index contributed by atoms with van der Waals surface area (Å²) < 4.78 is 0. The van der Waals surface area contributed by atoms with Crippen LogP contribution in [0.4, 0.5) is 0 Å². The second kappa shape index (κ2) is 10.3. The third-order valence-electron chi connectivity index (χ3n) is 6.69. The summed E-state index contributed by atoms with van der Waals surface area (Å²) in [5, 5.41) is 19.4. The Morgan fingerprint density at radius 3 is 2.12 bits per heavy atom. The van der Waals surface area contributed by atoms with E-state index in [9.17, 15) is 10.2 Å². The molecule has 2 N–H and O–H groups in total. The normalized spacial score (nSPS) is 18.7. The highest BCUT2D eigenvalue weighted by Crippen LogP contribution is 2.38. The van der Waals surface area contributed by atoms with Crippen molar-refractivity contribution in [3.8, 4) is 5.75 Å². The molecule has 1 heterocycles. The van der Waals surface area contributed by atoms with Crippen molar-refractivity contribution < 1.29 is 10.2 Å². The van der Waals surface area contributed by atoms with E-state index < -0.39 is 0 Å². The molecule has 0 unspecified atom stereocenters. The number of phenolic OH excluding ortho intramolecular Hbond substituents is 1. The van der Waals surface area contributed by atoms with Gasteiger partial charge >= 0.3 is 0 Å². The molecule has 2 aromatic carbocycles. The molecule has 3 heteroatoms. The first-order valence-corrected chi connectivity index (χ1v) is 11.9. The summed E-state index contributed by atoms with van der Waals surface area (Å²) in [6.45, 7) is 6.64. The predicted molar refractivity (Wildman–Crippen MR) is 133 cm³/mol. The van der Waals surface area contributed by atoms with Crippen LogP contribution in [0.1, 0.15) is 62.1 Å². The van der Waals surface area contributed by atoms with E-state index in [1.165, 1.54) is 53.8 Å². The van der Waals surface area contributed by atoms with Crippen molar-refractivity contribution in [1.82, 2.24) is 4.90 Å². The van der Waals surface area contributed by atoms with Crippen molar-refractivity contribution in [1.29, 1.82) is 0 Å². The molecule has 0 atom stereocenters. The number of nitrogens with zero attached hydrogens (tertiary/aromatic N) is 1. The highest BCUT2D eigenvalue weighted by molar-refractivity contribution is 5.85. The molecule has 0 amide bonds. The van der Waals surface area contributed by atoms with E-state index in [0.29, 0.717) is 12.3 Å². The Morgan fingerprint density at radius 2 is 1.59 bits per heavy atom. The van der Waals surface area contributed by atoms with E-state index in [2.05, 4.69) is 54.3 Å². The van der Waals surface area contributed by atoms with Crippen molar-refractivity contribution in [2.45, 2.75) is 51.5 Å². The van der Waals surface area contributed by atoms with E-state index in [4.69, 9.17) is 0 Å². The van der Waals surface area contributed by atoms with Gasteiger partial charge in [-0.15, -0.1) is 0 Å². The molecule has 4 rings (SSSR count). The van der Waals surface area contributed by atoms with Crippen molar-refractivity contribution in [3.63, 3.8) is 0 Å². The Kier molecular flexibility index (Phi) is 7.29. The summed E-state index contributed by atoms with van der Waals surface area (Å²) in [6.07, 6.45) is 10.6. The smallest absolute Gasteiger partial charge is 0.115 e. The number of allylic oxidation sites excluding steroid dienone is 5. The van der Waals surface area contributed by atoms with Crippen LogP contribution in [-0.4, -0.2) is 40.9 Å². The highest BCUT2D eigenvalue weighted by atomic mass is 16.3. The van der Waals surface area contributed by atoms with Crippen LogP contribution in [0.2, 0.25) is 0 Å². The quantitative estimate of drug-likeness (QED) is 0.477. The molecule has 1 saturated carbocycles. The van der Waals surface area contributed by atoms with Crippen LogP contribution in [0.3, 0.4) is 0 Å². The van der Waals surface area contributed by atoms with Gasteiger partial charge in [-0.3, -0.25) is 4.90 Å². The molecular weight excluding hydrogens is 394 g/mol. The minimum absolute atomic E-state index is 0.164. The van der Waals surface area contributed by atoms with Crippen LogP contribution in [-0.2, 0) is 0 Å². The summed E-state index contributed by atoms with van der Waals surface area (Å²) in [7, 11) is 0. The standard InChI is InChI=1S/C29H35NO2/c1-3-6-21(4-2)28(7-5-18-31)29(24-12-16-27(32)17-13-24)23-10-8-22(9-11-23)25-19-30(20-25)26-14-15-26/h3-4,6,8-13,16-17,25-26,31-32H,5,7,14-15,18-20H2,1-2H3/b6-3-,21-4+,29-28+. The summed E-state index contributed by atoms with van der Waals surface area (Å²) >= 11 is 0. The average molecular weight is 430 g/mol. The number of hydrogen-bond donors (Lipinski definition) is 2. The summed E-state index contributed by atoms with van der Waals surface area (Å²) in [4.78, 5) is 2.61. The highest BCUT2D eigenvalue weighted by Gasteiger charge is 2.38. The van der Waals surface area contributed by atoms with Crippen molar-refractivity contribution >= 4 is 5.57 Å². The minimum Gasteiger partial charge on any atom is -0.508 e. The summed E-state index contributed by atoms with van der Waals surface area (Å²) in [5.41, 5.74) is 7.25. The Balaban J connectivity index is 1.72. The second-order valence-corrected chi connectivity index (χ2v) is 8.98. The Morgan fingerprint density at radius 1 is 0.969 bits per heavy atom. The van der Waals surface area contributed by atoms with Gasteiger partial charge in [-0.05, 0) is 85.1 Å². The zero-order valence-electron chi connectivity index (χ0n) is 19.3. The number of likely N-dealkylation sites (tertiary alicyclic amines) is 1. The van der Waals surface area contributed by atoms with E-state index in [0.717, 1.165) is 18.0 Å². The van der Waals surface area contributed by atoms with Crippen LogP contribution in [0.25, 0.3) is 5.57 Å². The fraction of sp³-hybridized carbons (Fsp3) is 0.379. The second-order valence-electron chi connectivity index (χ2n) is 8.98. The molecule has 2 fully saturated rings. The van der Waals surface area contributed by atoms with E-state index in [-0.39, 0.29) is 12.4 Å². The van der Waals surface area contributed by atoms with Crippen LogP contribution in [0.15, 0.2) is 77.9 Å². The lowest BCUT2D eigenvalue weighted by molar-refractivity contribution is 0.139. The van der Waals surface area contributed by atoms with Crippen molar-refractivity contribution in [2.24, 2.45) is 0 Å². The number of rotatable bonds is 9. The van der Waals surface area contributed by atoms with Crippen molar-refractivity contribution in [2.75, 3.05) is 19.7 Å². The maximum Gasteiger partial charge on any atom is 0.115 e. The molecule has 1 aliphatic heterocycles. The first kappa shape index (κ1) is 22.6. The number of benzene rings is 2. The molecule has 32 heavy (non-hydrogen) atoms. The molecule has 0 aromatic heterocycles. The molecular formula is C29H35NO2. The Hall–Kier alpha value is -2.62. The molecule has 2 aliphatic rings. The molecule has 168 valence electrons. The summed E-state index contributed by atoms with van der Waals surface area (Å²) in [5.74, 6) is 0.916. The Bertz CT molecular complexity index is 988. The lowest BCUT2D eigenvalue weighted by atomic mass is 9.85. The van der Waals surface area contributed by atoms with Gasteiger partial charge in [0.1, 0.15) is 5.75 Å². The van der Waals surface area contributed by atoms with Crippen LogP contribution in [0.5, 0.6) is 5.75 Å². The van der Waals surface area contributed by atoms with Crippen LogP contribution >= 0.6 is 0 Å². The van der Waals surface area contributed by atoms with Crippen LogP contribution < -0.4 is 0 Å². The molecule has 1 aliphatic carbocycles. The lowest BCUT2D eigenvalue weighted by Gasteiger charge is -2.40. The first-order valence-electron chi connectivity index (χ1n) is 11.9. The zero-order valence-corrected chi connectivity index (χ0v) is 19.3. The predicted octanol–water partition coefficient (Wildman–Crippen LogP) is 6.05. The zero-order chi connectivity index (χ0) is 22.5. The molecule has 0 bridgehead atoms. The molecule has 0 radical (unpaired) electrons. The number of aliphatic hydroxyl groups is 1. The number of aromatic hydroxyl groups is 1. The summed E-state index contributed by atoms with van der Waals surface area (Å²) in [6, 6.07) is 17.4. The molecule has 1 saturated heterocycles. The van der Waals surface area contributed by atoms with Gasteiger partial charge < -0.3 is 10.2 Å². The fourth-order valence-electron chi connectivity index (χ4n) is 4.75. The van der Waals surface area contributed by atoms with Gasteiger partial charge in [0.15, 0.2) is 0 Å². The molecule has 0 spiro atoms. The topological polar surface area (TPSA) is 43.7 Å². The third kappa shape index (κ3) is 5.06. The first-order chi connectivity index (χ1) is 15.6. The number of hydrogen-bond acceptors (Lipinski definition) is 3. The van der Waals surface area contributed by atoms with E-state index in [1.807, 2.05) is 19.1 Å². The fourth-order valence-corrected chi connectivity index (χ4v) is 4.75. The van der Waals surface area contributed by atoms with Gasteiger partial charge in [-0.2, -0.15) is 0 Å². The van der Waals surface area contributed by atoms with Gasteiger partial charge in [-0.25, -0.2) is 0 Å². The van der Waals surface area contributed by atoms with Gasteiger partial charge in [-0.1, -0.05) is 54.6 Å².